The molecule has 0 bridgehead atoms. The van der Waals surface area contributed by atoms with Gasteiger partial charge in [0.2, 0.25) is 0 Å². The van der Waals surface area contributed by atoms with Crippen LogP contribution in [0.1, 0.15) is 0 Å². The predicted octanol–water partition coefficient (Wildman–Crippen LogP) is 2.60. The van der Waals surface area contributed by atoms with Crippen molar-refractivity contribution in [2.45, 2.75) is 0 Å². The highest BCUT2D eigenvalue weighted by atomic mass is 35.5. The number of pyridine rings is 1. The molecule has 0 unspecified atom stereocenters. The number of nitrogens with two attached hydrogens (primary N) is 1. The number of aromatic nitrogens is 3. The molecule has 116 valence electrons. The van der Waals surface area contributed by atoms with Crippen LogP contribution in [-0.4, -0.2) is 17.1 Å². The molecule has 23 heavy (non-hydrogen) atoms. The van der Waals surface area contributed by atoms with E-state index in [9.17, 15) is 0 Å². The molecule has 0 fully saturated rings. The minimum atomic E-state index is 0.213. The Morgan fingerprint density at radius 2 is 1.74 bits per heavy atom. The second-order valence-corrected chi connectivity index (χ2v) is 4.99. The van der Waals surface area contributed by atoms with E-state index >= 15 is 0 Å². The lowest BCUT2D eigenvalue weighted by atomic mass is 10.2. The molecule has 0 amide bonds. The van der Waals surface area contributed by atoms with Gasteiger partial charge in [0.05, 0.1) is 13.3 Å². The van der Waals surface area contributed by atoms with Crippen molar-refractivity contribution in [1.82, 2.24) is 9.97 Å². The SMILES string of the molecule is COc1ccccc1Oc1cnc(-c2cc[n+](N)cc2)nc1Cl. The zero-order chi connectivity index (χ0) is 16.2. The zero-order valence-electron chi connectivity index (χ0n) is 12.3. The van der Waals surface area contributed by atoms with Gasteiger partial charge in [-0.1, -0.05) is 28.4 Å². The van der Waals surface area contributed by atoms with Crippen LogP contribution in [0, 0.1) is 0 Å². The molecule has 7 heteroatoms. The molecule has 0 aliphatic heterocycles. The number of para-hydroxylation sites is 2. The fraction of sp³-hybridized carbons (Fsp3) is 0.0625. The van der Waals surface area contributed by atoms with Gasteiger partial charge in [-0.15, -0.1) is 0 Å². The van der Waals surface area contributed by atoms with E-state index in [-0.39, 0.29) is 5.15 Å². The lowest BCUT2D eigenvalue weighted by molar-refractivity contribution is -0.638. The average Bonchev–Trinajstić information content (AvgIpc) is 2.58. The molecule has 3 rings (SSSR count). The van der Waals surface area contributed by atoms with Gasteiger partial charge in [-0.2, -0.15) is 0 Å². The third-order valence-electron chi connectivity index (χ3n) is 3.11. The summed E-state index contributed by atoms with van der Waals surface area (Å²) < 4.78 is 12.4. The molecular weight excluding hydrogens is 316 g/mol. The first kappa shape index (κ1) is 15.1. The number of hydrogen-bond acceptors (Lipinski definition) is 5. The number of halogens is 1. The van der Waals surface area contributed by atoms with Gasteiger partial charge in [0.15, 0.2) is 40.6 Å². The summed E-state index contributed by atoms with van der Waals surface area (Å²) in [5.74, 6) is 7.57. The number of ether oxygens (including phenoxy) is 2. The molecule has 0 aliphatic rings. The molecule has 0 saturated heterocycles. The largest absolute Gasteiger partial charge is 0.493 e. The first-order valence-corrected chi connectivity index (χ1v) is 7.15. The fourth-order valence-corrected chi connectivity index (χ4v) is 2.13. The number of nitrogen functional groups attached to an aromatic ring is 1. The Kier molecular flexibility index (Phi) is 4.25. The summed E-state index contributed by atoms with van der Waals surface area (Å²) in [5, 5.41) is 0.213. The van der Waals surface area contributed by atoms with Gasteiger partial charge in [0.1, 0.15) is 0 Å². The van der Waals surface area contributed by atoms with Crippen LogP contribution >= 0.6 is 11.6 Å². The molecule has 0 saturated carbocycles. The van der Waals surface area contributed by atoms with Gasteiger partial charge >= 0.3 is 0 Å². The Labute approximate surface area is 138 Å². The quantitative estimate of drug-likeness (QED) is 0.452. The van der Waals surface area contributed by atoms with Crippen molar-refractivity contribution < 1.29 is 14.1 Å². The molecule has 0 aliphatic carbocycles. The number of hydrogen-bond donors (Lipinski definition) is 1. The first-order chi connectivity index (χ1) is 11.2. The molecule has 2 N–H and O–H groups in total. The fourth-order valence-electron chi connectivity index (χ4n) is 1.97. The molecular formula is C16H14ClN4O2+. The van der Waals surface area contributed by atoms with Crippen molar-refractivity contribution in [1.29, 1.82) is 0 Å². The normalized spacial score (nSPS) is 10.3. The summed E-state index contributed by atoms with van der Waals surface area (Å²) >= 11 is 6.21. The number of nitrogens with zero attached hydrogens (tertiary/aromatic N) is 3. The van der Waals surface area contributed by atoms with E-state index in [1.54, 1.807) is 43.8 Å². The standard InChI is InChI=1S/C16H14ClN4O2/c1-22-12-4-2-3-5-13(12)23-14-10-19-16(20-15(14)17)11-6-8-21(18)9-7-11/h2-10H,18H2,1H3/q+1. The molecule has 1 aromatic carbocycles. The van der Waals surface area contributed by atoms with Crippen LogP contribution in [0.3, 0.4) is 0 Å². The van der Waals surface area contributed by atoms with Gasteiger partial charge in [-0.05, 0) is 12.1 Å². The van der Waals surface area contributed by atoms with Gasteiger partial charge < -0.3 is 9.47 Å². The molecule has 2 aromatic heterocycles. The van der Waals surface area contributed by atoms with E-state index in [1.807, 2.05) is 12.1 Å². The predicted molar refractivity (Wildman–Crippen MR) is 85.9 cm³/mol. The van der Waals surface area contributed by atoms with Gasteiger partial charge in [-0.3, -0.25) is 0 Å². The van der Waals surface area contributed by atoms with Gasteiger partial charge in [0, 0.05) is 17.7 Å². The molecule has 2 heterocycles. The first-order valence-electron chi connectivity index (χ1n) is 6.77. The molecule has 3 aromatic rings. The van der Waals surface area contributed by atoms with E-state index in [0.29, 0.717) is 23.1 Å². The summed E-state index contributed by atoms with van der Waals surface area (Å²) in [7, 11) is 1.57. The van der Waals surface area contributed by atoms with Crippen molar-refractivity contribution in [2.24, 2.45) is 0 Å². The van der Waals surface area contributed by atoms with Gasteiger partial charge in [0.25, 0.3) is 0 Å². The third kappa shape index (κ3) is 3.32. The van der Waals surface area contributed by atoms with Crippen molar-refractivity contribution >= 4 is 11.6 Å². The average molecular weight is 330 g/mol. The van der Waals surface area contributed by atoms with Crippen molar-refractivity contribution in [3.8, 4) is 28.6 Å². The maximum Gasteiger partial charge on any atom is 0.199 e. The van der Waals surface area contributed by atoms with E-state index in [4.69, 9.17) is 26.9 Å². The Morgan fingerprint density at radius 1 is 1.04 bits per heavy atom. The van der Waals surface area contributed by atoms with Crippen LogP contribution in [-0.2, 0) is 0 Å². The smallest absolute Gasteiger partial charge is 0.199 e. The van der Waals surface area contributed by atoms with Crippen LogP contribution < -0.4 is 20.0 Å². The second kappa shape index (κ2) is 6.50. The lowest BCUT2D eigenvalue weighted by Crippen LogP contribution is -2.43. The van der Waals surface area contributed by atoms with E-state index in [2.05, 4.69) is 9.97 Å². The zero-order valence-corrected chi connectivity index (χ0v) is 13.1. The topological polar surface area (TPSA) is 74.1 Å². The highest BCUT2D eigenvalue weighted by molar-refractivity contribution is 6.30. The molecule has 0 spiro atoms. The van der Waals surface area contributed by atoms with E-state index < -0.39 is 0 Å². The summed E-state index contributed by atoms with van der Waals surface area (Å²) in [5.41, 5.74) is 0.803. The summed E-state index contributed by atoms with van der Waals surface area (Å²) in [6.07, 6.45) is 4.93. The lowest BCUT2D eigenvalue weighted by Gasteiger charge is -2.10. The van der Waals surface area contributed by atoms with Crippen molar-refractivity contribution in [3.63, 3.8) is 0 Å². The minimum absolute atomic E-state index is 0.213. The van der Waals surface area contributed by atoms with Crippen LogP contribution in [0.5, 0.6) is 17.2 Å². The van der Waals surface area contributed by atoms with Crippen LogP contribution in [0.25, 0.3) is 11.4 Å². The number of rotatable bonds is 4. The maximum absolute atomic E-state index is 6.21. The van der Waals surface area contributed by atoms with Crippen LogP contribution in [0.15, 0.2) is 55.0 Å². The van der Waals surface area contributed by atoms with Crippen molar-refractivity contribution in [3.05, 3.63) is 60.1 Å². The molecule has 6 nitrogen and oxygen atoms in total. The van der Waals surface area contributed by atoms with Gasteiger partial charge in [-0.25, -0.2) is 15.8 Å². The Balaban J connectivity index is 1.89. The molecule has 0 atom stereocenters. The Bertz CT molecular complexity index is 825. The monoisotopic (exact) mass is 329 g/mol. The van der Waals surface area contributed by atoms with Crippen LogP contribution in [0.2, 0.25) is 5.15 Å². The second-order valence-electron chi connectivity index (χ2n) is 4.64. The maximum atomic E-state index is 6.21. The third-order valence-corrected chi connectivity index (χ3v) is 3.38. The van der Waals surface area contributed by atoms with Crippen molar-refractivity contribution in [2.75, 3.05) is 13.0 Å². The number of benzene rings is 1. The Morgan fingerprint density at radius 3 is 2.39 bits per heavy atom. The van der Waals surface area contributed by atoms with Crippen LogP contribution in [0.4, 0.5) is 0 Å². The van der Waals surface area contributed by atoms with E-state index in [0.717, 1.165) is 5.56 Å². The highest BCUT2D eigenvalue weighted by Gasteiger charge is 2.12. The number of methoxy groups -OCH3 is 1. The summed E-state index contributed by atoms with van der Waals surface area (Å²) in [4.78, 5) is 8.54. The molecule has 0 radical (unpaired) electrons. The minimum Gasteiger partial charge on any atom is -0.493 e. The van der Waals surface area contributed by atoms with E-state index in [1.165, 1.54) is 10.9 Å². The summed E-state index contributed by atoms with van der Waals surface area (Å²) in [6, 6.07) is 10.9. The Hall–Kier alpha value is -2.86. The highest BCUT2D eigenvalue weighted by Crippen LogP contribution is 2.34. The summed E-state index contributed by atoms with van der Waals surface area (Å²) in [6.45, 7) is 0.